The Labute approximate surface area is 113 Å². The summed E-state index contributed by atoms with van der Waals surface area (Å²) in [5.41, 5.74) is 2.93. The maximum absolute atomic E-state index is 8.70. The first kappa shape index (κ1) is 13.2. The molecule has 0 spiro atoms. The fraction of sp³-hybridized carbons (Fsp3) is 0.333. The van der Waals surface area contributed by atoms with Gasteiger partial charge in [0, 0.05) is 12.2 Å². The quantitative estimate of drug-likeness (QED) is 0.772. The van der Waals surface area contributed by atoms with Crippen molar-refractivity contribution < 1.29 is 4.74 Å². The van der Waals surface area contributed by atoms with Crippen LogP contribution in [0.4, 0.5) is 0 Å². The van der Waals surface area contributed by atoms with Crippen LogP contribution in [-0.2, 0) is 6.54 Å². The summed E-state index contributed by atoms with van der Waals surface area (Å²) in [5.74, 6) is 0.803. The van der Waals surface area contributed by atoms with E-state index >= 15 is 0 Å². The van der Waals surface area contributed by atoms with Gasteiger partial charge in [-0.1, -0.05) is 0 Å². The maximum atomic E-state index is 8.70. The van der Waals surface area contributed by atoms with Gasteiger partial charge < -0.3 is 9.30 Å². The summed E-state index contributed by atoms with van der Waals surface area (Å²) in [7, 11) is 0. The molecule has 4 heteroatoms. The molecule has 0 saturated heterocycles. The first-order valence-electron chi connectivity index (χ1n) is 6.32. The predicted octanol–water partition coefficient (Wildman–Crippen LogP) is 2.84. The number of benzene rings is 1. The zero-order valence-corrected chi connectivity index (χ0v) is 11.3. The first-order chi connectivity index (χ1) is 9.20. The average Bonchev–Trinajstić information content (AvgIpc) is 2.76. The normalized spacial score (nSPS) is 10.2. The van der Waals surface area contributed by atoms with E-state index in [4.69, 9.17) is 10.00 Å². The van der Waals surface area contributed by atoms with Gasteiger partial charge in [0.05, 0.1) is 30.3 Å². The standard InChI is InChI=1S/C15H17N3O/c1-12-13(2)18(11-17-12)8-3-9-19-15-6-4-14(10-16)5-7-15/h4-7,11H,3,8-9H2,1-2H3. The van der Waals surface area contributed by atoms with Gasteiger partial charge in [-0.3, -0.25) is 0 Å². The summed E-state index contributed by atoms with van der Waals surface area (Å²) in [5, 5.41) is 8.70. The lowest BCUT2D eigenvalue weighted by atomic mass is 10.2. The highest BCUT2D eigenvalue weighted by Crippen LogP contribution is 2.12. The molecular weight excluding hydrogens is 238 g/mol. The molecule has 0 N–H and O–H groups in total. The summed E-state index contributed by atoms with van der Waals surface area (Å²) in [6.07, 6.45) is 2.79. The summed E-state index contributed by atoms with van der Waals surface area (Å²) in [6.45, 7) is 5.65. The maximum Gasteiger partial charge on any atom is 0.119 e. The van der Waals surface area contributed by atoms with Crippen molar-refractivity contribution in [2.45, 2.75) is 26.8 Å². The lowest BCUT2D eigenvalue weighted by Gasteiger charge is -2.08. The lowest BCUT2D eigenvalue weighted by molar-refractivity contribution is 0.301. The molecule has 1 aromatic heterocycles. The second kappa shape index (κ2) is 6.05. The molecule has 2 rings (SSSR count). The minimum atomic E-state index is 0.650. The molecule has 1 aromatic carbocycles. The van der Waals surface area contributed by atoms with Gasteiger partial charge in [0.2, 0.25) is 0 Å². The molecule has 0 unspecified atom stereocenters. The molecule has 4 nitrogen and oxygen atoms in total. The van der Waals surface area contributed by atoms with Crippen LogP contribution in [0.15, 0.2) is 30.6 Å². The van der Waals surface area contributed by atoms with Crippen LogP contribution >= 0.6 is 0 Å². The third kappa shape index (κ3) is 3.35. The van der Waals surface area contributed by atoms with Crippen LogP contribution in [0.2, 0.25) is 0 Å². The van der Waals surface area contributed by atoms with Gasteiger partial charge in [-0.2, -0.15) is 5.26 Å². The third-order valence-corrected chi connectivity index (χ3v) is 3.14. The molecule has 0 aliphatic heterocycles. The van der Waals surface area contributed by atoms with Gasteiger partial charge in [-0.05, 0) is 44.5 Å². The number of aryl methyl sites for hydroxylation is 2. The smallest absolute Gasteiger partial charge is 0.119 e. The van der Waals surface area contributed by atoms with E-state index in [0.717, 1.165) is 24.4 Å². The average molecular weight is 255 g/mol. The predicted molar refractivity (Wildman–Crippen MR) is 73.0 cm³/mol. The van der Waals surface area contributed by atoms with Crippen molar-refractivity contribution in [2.24, 2.45) is 0 Å². The van der Waals surface area contributed by atoms with Crippen molar-refractivity contribution in [3.63, 3.8) is 0 Å². The highest BCUT2D eigenvalue weighted by Gasteiger charge is 2.01. The summed E-state index contributed by atoms with van der Waals surface area (Å²) in [6, 6.07) is 9.26. The van der Waals surface area contributed by atoms with E-state index in [9.17, 15) is 0 Å². The van der Waals surface area contributed by atoms with Crippen LogP contribution in [0.5, 0.6) is 5.75 Å². The fourth-order valence-corrected chi connectivity index (χ4v) is 1.82. The van der Waals surface area contributed by atoms with Crippen molar-refractivity contribution in [2.75, 3.05) is 6.61 Å². The zero-order chi connectivity index (χ0) is 13.7. The number of nitrogens with zero attached hydrogens (tertiary/aromatic N) is 3. The van der Waals surface area contributed by atoms with Crippen LogP contribution < -0.4 is 4.74 Å². The van der Waals surface area contributed by atoms with E-state index in [1.165, 1.54) is 5.69 Å². The van der Waals surface area contributed by atoms with Gasteiger partial charge in [0.15, 0.2) is 0 Å². The monoisotopic (exact) mass is 255 g/mol. The largest absolute Gasteiger partial charge is 0.494 e. The topological polar surface area (TPSA) is 50.8 Å². The molecule has 98 valence electrons. The summed E-state index contributed by atoms with van der Waals surface area (Å²) in [4.78, 5) is 4.26. The molecular formula is C15H17N3O. The van der Waals surface area contributed by atoms with Gasteiger partial charge in [-0.25, -0.2) is 4.98 Å². The highest BCUT2D eigenvalue weighted by molar-refractivity contribution is 5.34. The van der Waals surface area contributed by atoms with Gasteiger partial charge in [0.1, 0.15) is 5.75 Å². The van der Waals surface area contributed by atoms with Gasteiger partial charge >= 0.3 is 0 Å². The Morgan fingerprint density at radius 2 is 2.00 bits per heavy atom. The minimum absolute atomic E-state index is 0.650. The number of imidazole rings is 1. The van der Waals surface area contributed by atoms with Crippen molar-refractivity contribution in [1.82, 2.24) is 9.55 Å². The number of ether oxygens (including phenoxy) is 1. The van der Waals surface area contributed by atoms with E-state index in [0.29, 0.717) is 12.2 Å². The van der Waals surface area contributed by atoms with Crippen LogP contribution in [0.3, 0.4) is 0 Å². The molecule has 0 saturated carbocycles. The summed E-state index contributed by atoms with van der Waals surface area (Å²) >= 11 is 0. The number of hydrogen-bond donors (Lipinski definition) is 0. The van der Waals surface area contributed by atoms with Crippen LogP contribution in [0.1, 0.15) is 23.4 Å². The Balaban J connectivity index is 1.77. The highest BCUT2D eigenvalue weighted by atomic mass is 16.5. The third-order valence-electron chi connectivity index (χ3n) is 3.14. The summed E-state index contributed by atoms with van der Waals surface area (Å²) < 4.78 is 7.77. The van der Waals surface area contributed by atoms with Crippen LogP contribution in [0, 0.1) is 25.2 Å². The molecule has 1 heterocycles. The molecule has 19 heavy (non-hydrogen) atoms. The molecule has 0 fully saturated rings. The SMILES string of the molecule is Cc1ncn(CCCOc2ccc(C#N)cc2)c1C. The zero-order valence-electron chi connectivity index (χ0n) is 11.3. The van der Waals surface area contributed by atoms with Crippen LogP contribution in [-0.4, -0.2) is 16.2 Å². The molecule has 0 atom stereocenters. The Bertz CT molecular complexity index is 578. The van der Waals surface area contributed by atoms with E-state index in [1.807, 2.05) is 25.4 Å². The van der Waals surface area contributed by atoms with Crippen molar-refractivity contribution in [1.29, 1.82) is 5.26 Å². The molecule has 0 amide bonds. The number of rotatable bonds is 5. The molecule has 0 bridgehead atoms. The van der Waals surface area contributed by atoms with Crippen molar-refractivity contribution >= 4 is 0 Å². The Morgan fingerprint density at radius 1 is 1.26 bits per heavy atom. The Morgan fingerprint density at radius 3 is 2.58 bits per heavy atom. The van der Waals surface area contributed by atoms with Crippen LogP contribution in [0.25, 0.3) is 0 Å². The minimum Gasteiger partial charge on any atom is -0.494 e. The molecule has 0 aliphatic rings. The van der Waals surface area contributed by atoms with E-state index in [1.54, 1.807) is 12.1 Å². The molecule has 0 radical (unpaired) electrons. The second-order valence-corrected chi connectivity index (χ2v) is 4.45. The van der Waals surface area contributed by atoms with Crippen molar-refractivity contribution in [3.8, 4) is 11.8 Å². The second-order valence-electron chi connectivity index (χ2n) is 4.45. The molecule has 2 aromatic rings. The number of hydrogen-bond acceptors (Lipinski definition) is 3. The van der Waals surface area contributed by atoms with E-state index < -0.39 is 0 Å². The Hall–Kier alpha value is -2.28. The Kier molecular flexibility index (Phi) is 4.19. The first-order valence-corrected chi connectivity index (χ1v) is 6.32. The number of aromatic nitrogens is 2. The van der Waals surface area contributed by atoms with E-state index in [2.05, 4.69) is 22.5 Å². The van der Waals surface area contributed by atoms with Crippen molar-refractivity contribution in [3.05, 3.63) is 47.5 Å². The molecule has 0 aliphatic carbocycles. The lowest BCUT2D eigenvalue weighted by Crippen LogP contribution is -2.05. The number of nitriles is 1. The van der Waals surface area contributed by atoms with Gasteiger partial charge in [0.25, 0.3) is 0 Å². The fourth-order valence-electron chi connectivity index (χ4n) is 1.82. The van der Waals surface area contributed by atoms with Gasteiger partial charge in [-0.15, -0.1) is 0 Å². The van der Waals surface area contributed by atoms with E-state index in [-0.39, 0.29) is 0 Å².